The third kappa shape index (κ3) is 4.03. The Morgan fingerprint density at radius 3 is 2.00 bits per heavy atom. The van der Waals surface area contributed by atoms with Gasteiger partial charge in [-0.15, -0.1) is 0 Å². The van der Waals surface area contributed by atoms with Gasteiger partial charge in [-0.05, 0) is 40.0 Å². The van der Waals surface area contributed by atoms with Crippen LogP contribution in [-0.2, 0) is 29.6 Å². The second kappa shape index (κ2) is 8.56. The molecule has 2 aliphatic rings. The molecule has 1 spiro atoms. The summed E-state index contributed by atoms with van der Waals surface area (Å²) in [7, 11) is -4.04. The van der Waals surface area contributed by atoms with Gasteiger partial charge in [-0.25, -0.2) is 0 Å². The summed E-state index contributed by atoms with van der Waals surface area (Å²) in [5, 5.41) is 0. The maximum atomic E-state index is 13.8. The molecule has 1 heterocycles. The van der Waals surface area contributed by atoms with E-state index in [1.165, 1.54) is 0 Å². The lowest BCUT2D eigenvalue weighted by molar-refractivity contribution is -0.172. The summed E-state index contributed by atoms with van der Waals surface area (Å²) in [4.78, 5) is 0.318. The molecule has 1 aliphatic heterocycles. The number of benzene rings is 2. The van der Waals surface area contributed by atoms with Crippen molar-refractivity contribution in [3.8, 4) is 0 Å². The van der Waals surface area contributed by atoms with E-state index in [9.17, 15) is 8.42 Å². The van der Waals surface area contributed by atoms with E-state index in [1.807, 2.05) is 64.1 Å². The van der Waals surface area contributed by atoms with Crippen LogP contribution in [0.4, 0.5) is 0 Å². The number of fused-ring (bicyclic) bond motifs is 2. The fourth-order valence-corrected chi connectivity index (χ4v) is 6.52. The largest absolute Gasteiger partial charge is 0.343 e. The number of hydrogen-bond donors (Lipinski definition) is 0. The van der Waals surface area contributed by atoms with E-state index in [2.05, 4.69) is 13.8 Å². The van der Waals surface area contributed by atoms with Crippen LogP contribution in [0.15, 0.2) is 41.3 Å². The average Bonchev–Trinajstić information content (AvgIpc) is 3.32. The van der Waals surface area contributed by atoms with Crippen LogP contribution in [0, 0.1) is 0 Å². The first-order valence-electron chi connectivity index (χ1n) is 11.5. The van der Waals surface area contributed by atoms with Gasteiger partial charge in [0.2, 0.25) is 0 Å². The quantitative estimate of drug-likeness (QED) is 0.489. The van der Waals surface area contributed by atoms with Crippen LogP contribution in [0.25, 0.3) is 0 Å². The first kappa shape index (κ1) is 23.4. The van der Waals surface area contributed by atoms with Crippen LogP contribution in [0.5, 0.6) is 0 Å². The summed E-state index contributed by atoms with van der Waals surface area (Å²) in [5.41, 5.74) is 4.45. The van der Waals surface area contributed by atoms with Crippen LogP contribution in [-0.4, -0.2) is 21.6 Å². The summed E-state index contributed by atoms with van der Waals surface area (Å²) >= 11 is 0. The molecule has 0 bridgehead atoms. The molecule has 1 atom stereocenters. The van der Waals surface area contributed by atoms with Crippen molar-refractivity contribution in [3.05, 3.63) is 64.2 Å². The third-order valence-corrected chi connectivity index (χ3v) is 7.96. The predicted molar refractivity (Wildman–Crippen MR) is 124 cm³/mol. The van der Waals surface area contributed by atoms with Crippen LogP contribution in [0.3, 0.4) is 0 Å². The molecule has 0 aromatic heterocycles. The molecular weight excluding hydrogens is 424 g/mol. The molecule has 174 valence electrons. The maximum Gasteiger partial charge on any atom is 0.298 e. The first-order valence-corrected chi connectivity index (χ1v) is 12.9. The Morgan fingerprint density at radius 1 is 0.906 bits per heavy atom. The summed E-state index contributed by atoms with van der Waals surface area (Å²) < 4.78 is 45.5. The first-order chi connectivity index (χ1) is 15.1. The number of hydrogen-bond acceptors (Lipinski definition) is 5. The van der Waals surface area contributed by atoms with E-state index in [1.54, 1.807) is 0 Å². The Morgan fingerprint density at radius 2 is 1.47 bits per heavy atom. The smallest absolute Gasteiger partial charge is 0.298 e. The molecule has 2 aromatic carbocycles. The Kier molecular flexibility index (Phi) is 6.27. The minimum Gasteiger partial charge on any atom is -0.343 e. The van der Waals surface area contributed by atoms with Crippen molar-refractivity contribution in [2.75, 3.05) is 13.2 Å². The lowest BCUT2D eigenvalue weighted by Crippen LogP contribution is -2.24. The minimum atomic E-state index is -4.04. The maximum absolute atomic E-state index is 13.8. The van der Waals surface area contributed by atoms with Crippen LogP contribution in [0.1, 0.15) is 99.6 Å². The molecule has 1 fully saturated rings. The monoisotopic (exact) mass is 458 g/mol. The van der Waals surface area contributed by atoms with Gasteiger partial charge in [-0.1, -0.05) is 77.9 Å². The van der Waals surface area contributed by atoms with Crippen LogP contribution >= 0.6 is 0 Å². The highest BCUT2D eigenvalue weighted by molar-refractivity contribution is 7.86. The molecule has 0 saturated carbocycles. The zero-order chi connectivity index (χ0) is 23.3. The second-order valence-corrected chi connectivity index (χ2v) is 11.3. The summed E-state index contributed by atoms with van der Waals surface area (Å²) in [6.07, 6.45) is -0.331. The van der Waals surface area contributed by atoms with Crippen molar-refractivity contribution in [1.29, 1.82) is 0 Å². The SMILES string of the molecule is CC(C)c1cc(C(C)C)c(S(=O)(=O)OC2CC3(OCCO3)c3ccccc32)c(C(C)C)c1. The van der Waals surface area contributed by atoms with Gasteiger partial charge < -0.3 is 9.47 Å². The molecule has 0 amide bonds. The van der Waals surface area contributed by atoms with Gasteiger partial charge in [-0.2, -0.15) is 8.42 Å². The molecular formula is C26H34O5S. The van der Waals surface area contributed by atoms with Crippen molar-refractivity contribution in [2.24, 2.45) is 0 Å². The second-order valence-electron chi connectivity index (χ2n) is 9.77. The fourth-order valence-electron chi connectivity index (χ4n) is 4.78. The van der Waals surface area contributed by atoms with Gasteiger partial charge in [0.1, 0.15) is 11.0 Å². The van der Waals surface area contributed by atoms with E-state index in [4.69, 9.17) is 13.7 Å². The molecule has 0 radical (unpaired) electrons. The molecule has 1 saturated heterocycles. The summed E-state index contributed by atoms with van der Waals surface area (Å²) in [5.74, 6) is -0.521. The molecule has 5 nitrogen and oxygen atoms in total. The molecule has 0 N–H and O–H groups in total. The zero-order valence-corrected chi connectivity index (χ0v) is 20.7. The van der Waals surface area contributed by atoms with Gasteiger partial charge in [-0.3, -0.25) is 4.18 Å². The van der Waals surface area contributed by atoms with Crippen molar-refractivity contribution in [1.82, 2.24) is 0 Å². The Balaban J connectivity index is 1.80. The lowest BCUT2D eigenvalue weighted by atomic mass is 9.89. The minimum absolute atomic E-state index is 0.0447. The van der Waals surface area contributed by atoms with Crippen LogP contribution < -0.4 is 0 Å². The standard InChI is InChI=1S/C26H34O5S/c1-16(2)19-13-21(17(3)4)25(22(14-19)18(5)6)32(27,28)31-24-15-26(29-11-12-30-26)23-10-8-7-9-20(23)24/h7-10,13-14,16-18,24H,11-12,15H2,1-6H3. The van der Waals surface area contributed by atoms with Crippen molar-refractivity contribution in [3.63, 3.8) is 0 Å². The highest BCUT2D eigenvalue weighted by Gasteiger charge is 2.50. The van der Waals surface area contributed by atoms with E-state index in [0.29, 0.717) is 30.4 Å². The predicted octanol–water partition coefficient (Wildman–Crippen LogP) is 6.11. The summed E-state index contributed by atoms with van der Waals surface area (Å²) in [6, 6.07) is 11.7. The molecule has 1 aliphatic carbocycles. The summed E-state index contributed by atoms with van der Waals surface area (Å²) in [6.45, 7) is 13.4. The number of ether oxygens (including phenoxy) is 2. The van der Waals surface area contributed by atoms with Gasteiger partial charge in [0, 0.05) is 12.0 Å². The highest BCUT2D eigenvalue weighted by Crippen LogP contribution is 2.51. The van der Waals surface area contributed by atoms with E-state index in [-0.39, 0.29) is 11.8 Å². The van der Waals surface area contributed by atoms with Crippen molar-refractivity contribution in [2.45, 2.75) is 82.5 Å². The van der Waals surface area contributed by atoms with Crippen LogP contribution in [0.2, 0.25) is 0 Å². The van der Waals surface area contributed by atoms with Gasteiger partial charge in [0.15, 0.2) is 5.79 Å². The Hall–Kier alpha value is -1.73. The Labute approximate surface area is 192 Å². The molecule has 4 rings (SSSR count). The van der Waals surface area contributed by atoms with Gasteiger partial charge in [0.25, 0.3) is 10.1 Å². The average molecular weight is 459 g/mol. The molecule has 6 heteroatoms. The topological polar surface area (TPSA) is 61.8 Å². The van der Waals surface area contributed by atoms with Crippen molar-refractivity contribution >= 4 is 10.1 Å². The fraction of sp³-hybridized carbons (Fsp3) is 0.538. The molecule has 1 unspecified atom stereocenters. The third-order valence-electron chi connectivity index (χ3n) is 6.50. The molecule has 2 aromatic rings. The van der Waals surface area contributed by atoms with E-state index < -0.39 is 22.0 Å². The Bertz CT molecular complexity index is 1070. The van der Waals surface area contributed by atoms with Gasteiger partial charge >= 0.3 is 0 Å². The lowest BCUT2D eigenvalue weighted by Gasteiger charge is -2.24. The highest BCUT2D eigenvalue weighted by atomic mass is 32.2. The van der Waals surface area contributed by atoms with Crippen molar-refractivity contribution < 1.29 is 22.1 Å². The van der Waals surface area contributed by atoms with E-state index in [0.717, 1.165) is 27.8 Å². The molecule has 32 heavy (non-hydrogen) atoms. The van der Waals surface area contributed by atoms with Gasteiger partial charge in [0.05, 0.1) is 13.2 Å². The normalized spacial score (nSPS) is 20.1. The van der Waals surface area contributed by atoms with E-state index >= 15 is 0 Å². The zero-order valence-electron chi connectivity index (χ0n) is 19.8. The number of rotatable bonds is 6.